The van der Waals surface area contributed by atoms with E-state index in [1.165, 1.54) is 18.7 Å². The first kappa shape index (κ1) is 12.4. The quantitative estimate of drug-likeness (QED) is 0.483. The van der Waals surface area contributed by atoms with Crippen LogP contribution in [-0.2, 0) is 4.79 Å². The maximum atomic E-state index is 10.8. The molecule has 0 saturated heterocycles. The fraction of sp³-hybridized carbons (Fsp3) is 0.182. The van der Waals surface area contributed by atoms with Gasteiger partial charge in [-0.05, 0) is 11.8 Å². The average Bonchev–Trinajstić information content (AvgIpc) is 2.28. The molecule has 0 spiro atoms. The Bertz CT molecular complexity index is 401. The van der Waals surface area contributed by atoms with E-state index >= 15 is 0 Å². The van der Waals surface area contributed by atoms with Crippen molar-refractivity contribution in [2.75, 3.05) is 6.26 Å². The van der Waals surface area contributed by atoms with E-state index < -0.39 is 0 Å². The Morgan fingerprint density at radius 3 is 2.62 bits per heavy atom. The van der Waals surface area contributed by atoms with Gasteiger partial charge in [0.25, 0.3) is 0 Å². The number of thioether (sulfide) groups is 1. The smallest absolute Gasteiger partial charge is 0.222 e. The van der Waals surface area contributed by atoms with Gasteiger partial charge in [0.2, 0.25) is 5.91 Å². The molecular formula is C11H13N3OS. The van der Waals surface area contributed by atoms with E-state index in [0.29, 0.717) is 5.17 Å². The third-order valence-corrected chi connectivity index (χ3v) is 2.20. The molecule has 84 valence electrons. The van der Waals surface area contributed by atoms with Crippen LogP contribution in [0.1, 0.15) is 12.5 Å². The number of amidine groups is 1. The highest BCUT2D eigenvalue weighted by Crippen LogP contribution is 1.97. The van der Waals surface area contributed by atoms with E-state index in [-0.39, 0.29) is 5.91 Å². The Labute approximate surface area is 98.9 Å². The molecule has 0 heterocycles. The minimum absolute atomic E-state index is 0.150. The Morgan fingerprint density at radius 2 is 2.06 bits per heavy atom. The van der Waals surface area contributed by atoms with E-state index in [0.717, 1.165) is 5.56 Å². The summed E-state index contributed by atoms with van der Waals surface area (Å²) in [7, 11) is 0. The molecule has 0 aliphatic carbocycles. The highest BCUT2D eigenvalue weighted by molar-refractivity contribution is 8.13. The summed E-state index contributed by atoms with van der Waals surface area (Å²) in [5, 5.41) is 10.8. The molecule has 16 heavy (non-hydrogen) atoms. The van der Waals surface area contributed by atoms with Crippen molar-refractivity contribution in [1.82, 2.24) is 5.32 Å². The van der Waals surface area contributed by atoms with Gasteiger partial charge in [0.1, 0.15) is 0 Å². The van der Waals surface area contributed by atoms with Gasteiger partial charge in [-0.15, -0.1) is 5.10 Å². The number of rotatable bonds is 2. The number of nitrogens with one attached hydrogen (secondary N) is 1. The lowest BCUT2D eigenvalue weighted by atomic mass is 10.2. The average molecular weight is 235 g/mol. The van der Waals surface area contributed by atoms with Gasteiger partial charge in [-0.1, -0.05) is 42.1 Å². The topological polar surface area (TPSA) is 53.8 Å². The van der Waals surface area contributed by atoms with Crippen LogP contribution in [0.3, 0.4) is 0 Å². The molecule has 0 saturated carbocycles. The third kappa shape index (κ3) is 4.75. The molecule has 0 aliphatic rings. The maximum Gasteiger partial charge on any atom is 0.222 e. The van der Waals surface area contributed by atoms with Gasteiger partial charge in [-0.3, -0.25) is 4.79 Å². The number of hydrogen-bond donors (Lipinski definition) is 1. The summed E-state index contributed by atoms with van der Waals surface area (Å²) in [5.41, 5.74) is 0.967. The summed E-state index contributed by atoms with van der Waals surface area (Å²) in [6, 6.07) is 9.64. The van der Waals surface area contributed by atoms with E-state index in [1.807, 2.05) is 36.6 Å². The van der Waals surface area contributed by atoms with Crippen molar-refractivity contribution in [3.05, 3.63) is 35.9 Å². The van der Waals surface area contributed by atoms with Crippen LogP contribution < -0.4 is 5.32 Å². The molecular weight excluding hydrogens is 222 g/mol. The number of nitrogens with zero attached hydrogens (tertiary/aromatic N) is 2. The summed E-state index contributed by atoms with van der Waals surface area (Å²) in [6.07, 6.45) is 3.46. The standard InChI is InChI=1S/C11H13N3OS/c1-9(15)13-11(16-2)14-12-8-10-6-4-3-5-7-10/h3-8H,1-2H3,(H,13,14,15). The molecule has 1 amide bonds. The highest BCUT2D eigenvalue weighted by atomic mass is 32.2. The van der Waals surface area contributed by atoms with Gasteiger partial charge in [0.15, 0.2) is 5.17 Å². The molecule has 0 aliphatic heterocycles. The number of benzene rings is 1. The van der Waals surface area contributed by atoms with E-state index in [2.05, 4.69) is 15.5 Å². The summed E-state index contributed by atoms with van der Waals surface area (Å²) in [5.74, 6) is -0.150. The molecule has 0 fully saturated rings. The van der Waals surface area contributed by atoms with Crippen molar-refractivity contribution in [3.63, 3.8) is 0 Å². The first-order valence-electron chi connectivity index (χ1n) is 4.70. The SMILES string of the molecule is CS/C(=N/N=Cc1ccccc1)NC(C)=O. The van der Waals surface area contributed by atoms with Gasteiger partial charge >= 0.3 is 0 Å². The summed E-state index contributed by atoms with van der Waals surface area (Å²) < 4.78 is 0. The summed E-state index contributed by atoms with van der Waals surface area (Å²) >= 11 is 1.34. The van der Waals surface area contributed by atoms with Gasteiger partial charge in [0.05, 0.1) is 6.21 Å². The summed E-state index contributed by atoms with van der Waals surface area (Å²) in [6.45, 7) is 1.44. The lowest BCUT2D eigenvalue weighted by molar-refractivity contribution is -0.117. The normalized spacial score (nSPS) is 11.8. The van der Waals surface area contributed by atoms with Gasteiger partial charge in [-0.25, -0.2) is 0 Å². The molecule has 1 rings (SSSR count). The molecule has 1 N–H and O–H groups in total. The second-order valence-corrected chi connectivity index (χ2v) is 3.74. The Kier molecular flexibility index (Phi) is 5.28. The molecule has 0 aromatic heterocycles. The Hall–Kier alpha value is -1.62. The second-order valence-electron chi connectivity index (χ2n) is 2.95. The molecule has 0 unspecified atom stereocenters. The third-order valence-electron chi connectivity index (χ3n) is 1.63. The minimum Gasteiger partial charge on any atom is -0.304 e. The van der Waals surface area contributed by atoms with Crippen LogP contribution in [0, 0.1) is 0 Å². The zero-order valence-corrected chi connectivity index (χ0v) is 9.99. The van der Waals surface area contributed by atoms with E-state index in [1.54, 1.807) is 6.21 Å². The molecule has 1 aromatic rings. The van der Waals surface area contributed by atoms with Gasteiger partial charge < -0.3 is 5.32 Å². The number of hydrogen-bond acceptors (Lipinski definition) is 4. The predicted octanol–water partition coefficient (Wildman–Crippen LogP) is 1.88. The van der Waals surface area contributed by atoms with Crippen molar-refractivity contribution in [1.29, 1.82) is 0 Å². The number of amides is 1. The number of carbonyl (C=O) groups is 1. The summed E-state index contributed by atoms with van der Waals surface area (Å²) in [4.78, 5) is 10.8. The highest BCUT2D eigenvalue weighted by Gasteiger charge is 1.97. The largest absolute Gasteiger partial charge is 0.304 e. The van der Waals surface area contributed by atoms with Crippen LogP contribution in [0.25, 0.3) is 0 Å². The first-order valence-corrected chi connectivity index (χ1v) is 5.92. The second kappa shape index (κ2) is 6.79. The van der Waals surface area contributed by atoms with Crippen molar-refractivity contribution in [2.45, 2.75) is 6.92 Å². The van der Waals surface area contributed by atoms with Crippen molar-refractivity contribution >= 4 is 29.1 Å². The molecule has 0 bridgehead atoms. The van der Waals surface area contributed by atoms with Crippen molar-refractivity contribution < 1.29 is 4.79 Å². The lowest BCUT2D eigenvalue weighted by Crippen LogP contribution is -2.24. The Balaban J connectivity index is 2.63. The minimum atomic E-state index is -0.150. The zero-order chi connectivity index (χ0) is 11.8. The van der Waals surface area contributed by atoms with Gasteiger partial charge in [-0.2, -0.15) is 5.10 Å². The molecule has 5 heteroatoms. The zero-order valence-electron chi connectivity index (χ0n) is 9.18. The first-order chi connectivity index (χ1) is 7.72. The predicted molar refractivity (Wildman–Crippen MR) is 68.8 cm³/mol. The van der Waals surface area contributed by atoms with Crippen LogP contribution in [0.5, 0.6) is 0 Å². The maximum absolute atomic E-state index is 10.8. The van der Waals surface area contributed by atoms with E-state index in [9.17, 15) is 4.79 Å². The van der Waals surface area contributed by atoms with E-state index in [4.69, 9.17) is 0 Å². The fourth-order valence-electron chi connectivity index (χ4n) is 0.955. The van der Waals surface area contributed by atoms with Crippen LogP contribution >= 0.6 is 11.8 Å². The molecule has 0 atom stereocenters. The molecule has 1 aromatic carbocycles. The number of carbonyl (C=O) groups excluding carboxylic acids is 1. The van der Waals surface area contributed by atoms with Gasteiger partial charge in [0, 0.05) is 6.92 Å². The monoisotopic (exact) mass is 235 g/mol. The Morgan fingerprint density at radius 1 is 1.38 bits per heavy atom. The van der Waals surface area contributed by atoms with Crippen LogP contribution in [-0.4, -0.2) is 23.5 Å². The van der Waals surface area contributed by atoms with Crippen molar-refractivity contribution in [3.8, 4) is 0 Å². The van der Waals surface area contributed by atoms with Crippen LogP contribution in [0.4, 0.5) is 0 Å². The molecule has 4 nitrogen and oxygen atoms in total. The molecule has 0 radical (unpaired) electrons. The van der Waals surface area contributed by atoms with Crippen molar-refractivity contribution in [2.24, 2.45) is 10.2 Å². The lowest BCUT2D eigenvalue weighted by Gasteiger charge is -1.99. The van der Waals surface area contributed by atoms with Crippen LogP contribution in [0.2, 0.25) is 0 Å². The van der Waals surface area contributed by atoms with Crippen LogP contribution in [0.15, 0.2) is 40.5 Å². The fourth-order valence-corrected chi connectivity index (χ4v) is 1.33.